The molecule has 1 aliphatic rings. The molecule has 0 bridgehead atoms. The fraction of sp³-hybridized carbons (Fsp3) is 0.261. The van der Waals surface area contributed by atoms with Crippen molar-refractivity contribution in [3.8, 4) is 11.4 Å². The molecule has 0 fully saturated rings. The average molecular weight is 432 g/mol. The van der Waals surface area contributed by atoms with Gasteiger partial charge in [-0.1, -0.05) is 30.3 Å². The monoisotopic (exact) mass is 431 g/mol. The van der Waals surface area contributed by atoms with Gasteiger partial charge in [0.1, 0.15) is 10.7 Å². The lowest BCUT2D eigenvalue weighted by atomic mass is 9.97. The lowest BCUT2D eigenvalue weighted by Crippen LogP contribution is -2.16. The number of carbonyl (C=O) groups excluding carboxylic acids is 1. The highest BCUT2D eigenvalue weighted by molar-refractivity contribution is 7.18. The van der Waals surface area contributed by atoms with Gasteiger partial charge in [0, 0.05) is 23.3 Å². The second kappa shape index (κ2) is 8.39. The van der Waals surface area contributed by atoms with Gasteiger partial charge in [0.15, 0.2) is 5.82 Å². The third kappa shape index (κ3) is 4.11. The Balaban J connectivity index is 1.24. The summed E-state index contributed by atoms with van der Waals surface area (Å²) in [5.74, 6) is 0.971. The molecule has 0 radical (unpaired) electrons. The third-order valence-electron chi connectivity index (χ3n) is 5.43. The highest BCUT2D eigenvalue weighted by atomic mass is 32.1. The molecule has 0 unspecified atom stereocenters. The van der Waals surface area contributed by atoms with Crippen molar-refractivity contribution in [1.82, 2.24) is 19.9 Å². The second-order valence-electron chi connectivity index (χ2n) is 7.61. The normalized spacial score (nSPS) is 13.2. The number of amides is 1. The molecule has 0 atom stereocenters. The van der Waals surface area contributed by atoms with E-state index in [0.717, 1.165) is 35.0 Å². The Labute approximate surface area is 182 Å². The van der Waals surface area contributed by atoms with Gasteiger partial charge in [-0.05, 0) is 31.2 Å². The number of aromatic amines is 1. The molecule has 8 heteroatoms. The number of nitrogens with zero attached hydrogens (tertiary/aromatic N) is 3. The van der Waals surface area contributed by atoms with Crippen molar-refractivity contribution >= 4 is 33.1 Å². The van der Waals surface area contributed by atoms with E-state index in [1.165, 1.54) is 16.9 Å². The summed E-state index contributed by atoms with van der Waals surface area (Å²) in [6.45, 7) is 0. The van der Waals surface area contributed by atoms with E-state index in [-0.39, 0.29) is 17.9 Å². The van der Waals surface area contributed by atoms with Crippen LogP contribution in [0.2, 0.25) is 0 Å². The number of anilines is 1. The number of benzene rings is 1. The summed E-state index contributed by atoms with van der Waals surface area (Å²) in [6, 6.07) is 9.65. The minimum Gasteiger partial charge on any atom is -0.323 e. The molecule has 0 spiro atoms. The molecule has 3 heterocycles. The maximum Gasteiger partial charge on any atom is 0.259 e. The van der Waals surface area contributed by atoms with Crippen molar-refractivity contribution in [2.45, 2.75) is 38.5 Å². The first-order valence-corrected chi connectivity index (χ1v) is 11.2. The summed E-state index contributed by atoms with van der Waals surface area (Å²) >= 11 is 1.62. The largest absolute Gasteiger partial charge is 0.323 e. The lowest BCUT2D eigenvalue weighted by Gasteiger charge is -2.09. The Morgan fingerprint density at radius 3 is 2.68 bits per heavy atom. The van der Waals surface area contributed by atoms with Crippen LogP contribution in [0.25, 0.3) is 21.6 Å². The SMILES string of the molecule is O=C(CCc1nc2sc3c(c2c(=O)[nH]1)CCCC3)Nc1cnc(-c2ccccc2)nc1. The van der Waals surface area contributed by atoms with Crippen LogP contribution < -0.4 is 10.9 Å². The first-order chi connectivity index (χ1) is 15.2. The molecular formula is C23H21N5O2S. The quantitative estimate of drug-likeness (QED) is 0.499. The number of carbonyl (C=O) groups is 1. The molecular weight excluding hydrogens is 410 g/mol. The number of hydrogen-bond acceptors (Lipinski definition) is 6. The first-order valence-electron chi connectivity index (χ1n) is 10.4. The second-order valence-corrected chi connectivity index (χ2v) is 8.70. The minimum atomic E-state index is -0.177. The van der Waals surface area contributed by atoms with Gasteiger partial charge >= 0.3 is 0 Å². The van der Waals surface area contributed by atoms with E-state index in [1.807, 2.05) is 30.3 Å². The summed E-state index contributed by atoms with van der Waals surface area (Å²) in [6.07, 6.45) is 8.02. The van der Waals surface area contributed by atoms with E-state index < -0.39 is 0 Å². The number of nitrogens with one attached hydrogen (secondary N) is 2. The van der Waals surface area contributed by atoms with E-state index in [0.29, 0.717) is 23.8 Å². The van der Waals surface area contributed by atoms with Crippen molar-refractivity contribution in [3.63, 3.8) is 0 Å². The maximum atomic E-state index is 12.6. The van der Waals surface area contributed by atoms with E-state index >= 15 is 0 Å². The highest BCUT2D eigenvalue weighted by Gasteiger charge is 2.20. The van der Waals surface area contributed by atoms with Gasteiger partial charge in [0.25, 0.3) is 5.56 Å². The fourth-order valence-electron chi connectivity index (χ4n) is 3.91. The van der Waals surface area contributed by atoms with Crippen molar-refractivity contribution in [3.05, 3.63) is 69.3 Å². The van der Waals surface area contributed by atoms with E-state index in [4.69, 9.17) is 0 Å². The van der Waals surface area contributed by atoms with Crippen molar-refractivity contribution in [2.75, 3.05) is 5.32 Å². The van der Waals surface area contributed by atoms with Gasteiger partial charge in [0.05, 0.1) is 23.5 Å². The standard InChI is InChI=1S/C23H21N5O2S/c29-19(26-15-12-24-21(25-13-15)14-6-2-1-3-7-14)11-10-18-27-22(30)20-16-8-4-5-9-17(16)31-23(20)28-18/h1-3,6-7,12-13H,4-5,8-11H2,(H,26,29)(H,27,28,30). The predicted molar refractivity (Wildman–Crippen MR) is 121 cm³/mol. The van der Waals surface area contributed by atoms with Gasteiger partial charge < -0.3 is 10.3 Å². The van der Waals surface area contributed by atoms with E-state index in [1.54, 1.807) is 23.7 Å². The molecule has 31 heavy (non-hydrogen) atoms. The molecule has 3 aromatic heterocycles. The number of aromatic nitrogens is 4. The summed E-state index contributed by atoms with van der Waals surface area (Å²) in [5.41, 5.74) is 2.53. The van der Waals surface area contributed by atoms with Crippen LogP contribution in [-0.4, -0.2) is 25.8 Å². The molecule has 7 nitrogen and oxygen atoms in total. The number of aryl methyl sites for hydroxylation is 3. The van der Waals surface area contributed by atoms with Gasteiger partial charge in [-0.15, -0.1) is 11.3 Å². The number of thiophene rings is 1. The molecule has 1 aliphatic carbocycles. The van der Waals surface area contributed by atoms with Gasteiger partial charge in [0.2, 0.25) is 5.91 Å². The van der Waals surface area contributed by atoms with Crippen molar-refractivity contribution in [2.24, 2.45) is 0 Å². The van der Waals surface area contributed by atoms with Crippen LogP contribution in [0.15, 0.2) is 47.5 Å². The van der Waals surface area contributed by atoms with E-state index in [2.05, 4.69) is 25.3 Å². The van der Waals surface area contributed by atoms with Crippen LogP contribution >= 0.6 is 11.3 Å². The van der Waals surface area contributed by atoms with Gasteiger partial charge in [-0.25, -0.2) is 15.0 Å². The third-order valence-corrected chi connectivity index (χ3v) is 6.62. The Morgan fingerprint density at radius 1 is 1.10 bits per heavy atom. The zero-order chi connectivity index (χ0) is 21.2. The van der Waals surface area contributed by atoms with Gasteiger partial charge in [-0.3, -0.25) is 9.59 Å². The molecule has 0 aliphatic heterocycles. The lowest BCUT2D eigenvalue weighted by molar-refractivity contribution is -0.116. The Bertz CT molecular complexity index is 1300. The molecule has 0 saturated heterocycles. The molecule has 1 amide bonds. The van der Waals surface area contributed by atoms with Crippen molar-refractivity contribution < 1.29 is 4.79 Å². The number of fused-ring (bicyclic) bond motifs is 3. The number of rotatable bonds is 5. The summed E-state index contributed by atoms with van der Waals surface area (Å²) in [5, 5.41) is 3.54. The smallest absolute Gasteiger partial charge is 0.259 e. The number of H-pyrrole nitrogens is 1. The Kier molecular flexibility index (Phi) is 5.30. The topological polar surface area (TPSA) is 101 Å². The maximum absolute atomic E-state index is 12.6. The highest BCUT2D eigenvalue weighted by Crippen LogP contribution is 2.33. The Morgan fingerprint density at radius 2 is 1.87 bits per heavy atom. The summed E-state index contributed by atoms with van der Waals surface area (Å²) in [7, 11) is 0. The zero-order valence-electron chi connectivity index (χ0n) is 16.9. The molecule has 4 aromatic rings. The van der Waals surface area contributed by atoms with Crippen LogP contribution in [0.3, 0.4) is 0 Å². The van der Waals surface area contributed by atoms with Crippen molar-refractivity contribution in [1.29, 1.82) is 0 Å². The van der Waals surface area contributed by atoms with Crippen LogP contribution in [0, 0.1) is 0 Å². The Hall–Kier alpha value is -3.39. The van der Waals surface area contributed by atoms with Crippen LogP contribution in [0.1, 0.15) is 35.5 Å². The molecule has 1 aromatic carbocycles. The summed E-state index contributed by atoms with van der Waals surface area (Å²) in [4.78, 5) is 43.2. The minimum absolute atomic E-state index is 0.0929. The molecule has 156 valence electrons. The van der Waals surface area contributed by atoms with Gasteiger partial charge in [-0.2, -0.15) is 0 Å². The number of hydrogen-bond donors (Lipinski definition) is 2. The van der Waals surface area contributed by atoms with Crippen LogP contribution in [0.4, 0.5) is 5.69 Å². The summed E-state index contributed by atoms with van der Waals surface area (Å²) < 4.78 is 0. The predicted octanol–water partition coefficient (Wildman–Crippen LogP) is 3.89. The molecule has 2 N–H and O–H groups in total. The van der Waals surface area contributed by atoms with Crippen LogP contribution in [-0.2, 0) is 24.1 Å². The molecule has 0 saturated carbocycles. The van der Waals surface area contributed by atoms with E-state index in [9.17, 15) is 9.59 Å². The first kappa shape index (κ1) is 19.6. The zero-order valence-corrected chi connectivity index (χ0v) is 17.7. The fourth-order valence-corrected chi connectivity index (χ4v) is 5.19. The molecule has 5 rings (SSSR count). The average Bonchev–Trinajstić information content (AvgIpc) is 3.18. The van der Waals surface area contributed by atoms with Crippen LogP contribution in [0.5, 0.6) is 0 Å².